The molecule has 0 fully saturated rings. The number of hydrogen-bond donors (Lipinski definition) is 0. The van der Waals surface area contributed by atoms with Crippen molar-refractivity contribution in [2.75, 3.05) is 4.90 Å². The minimum absolute atomic E-state index is 1.08. The van der Waals surface area contributed by atoms with Crippen LogP contribution in [-0.4, -0.2) is 0 Å². The first-order chi connectivity index (χ1) is 27.3. The van der Waals surface area contributed by atoms with Crippen molar-refractivity contribution in [1.29, 1.82) is 0 Å². The van der Waals surface area contributed by atoms with Crippen LogP contribution in [0.1, 0.15) is 0 Å². The van der Waals surface area contributed by atoms with E-state index in [4.69, 9.17) is 0 Å². The molecule has 0 aromatic heterocycles. The van der Waals surface area contributed by atoms with Crippen LogP contribution in [0.5, 0.6) is 0 Å². The SMILES string of the molecule is c1ccc(-c2cccc(N(c3ccc(-c4cc(-c5ccccc5)ccc4-c4ccccc4)cc3)c3cc(-c4ccccc4)cc(-c4ccccc4)c3)c2)cc1. The lowest BCUT2D eigenvalue weighted by Crippen LogP contribution is -2.10. The zero-order valence-corrected chi connectivity index (χ0v) is 30.5. The Morgan fingerprint density at radius 1 is 0.182 bits per heavy atom. The van der Waals surface area contributed by atoms with Crippen LogP contribution in [0.4, 0.5) is 17.1 Å². The van der Waals surface area contributed by atoms with Crippen molar-refractivity contribution in [1.82, 2.24) is 0 Å². The number of hydrogen-bond acceptors (Lipinski definition) is 1. The van der Waals surface area contributed by atoms with Crippen LogP contribution < -0.4 is 4.90 Å². The van der Waals surface area contributed by atoms with Gasteiger partial charge in [0.1, 0.15) is 0 Å². The van der Waals surface area contributed by atoms with E-state index in [1.54, 1.807) is 0 Å². The maximum atomic E-state index is 2.40. The summed E-state index contributed by atoms with van der Waals surface area (Å²) in [5.74, 6) is 0. The monoisotopic (exact) mass is 701 g/mol. The molecule has 0 aliphatic carbocycles. The van der Waals surface area contributed by atoms with E-state index in [0.717, 1.165) is 17.1 Å². The highest BCUT2D eigenvalue weighted by Gasteiger charge is 2.18. The third-order valence-corrected chi connectivity index (χ3v) is 10.2. The zero-order chi connectivity index (χ0) is 36.8. The van der Waals surface area contributed by atoms with Gasteiger partial charge < -0.3 is 4.90 Å². The van der Waals surface area contributed by atoms with Crippen LogP contribution in [0.2, 0.25) is 0 Å². The quantitative estimate of drug-likeness (QED) is 0.145. The lowest BCUT2D eigenvalue weighted by Gasteiger charge is -2.28. The van der Waals surface area contributed by atoms with Crippen molar-refractivity contribution >= 4 is 17.1 Å². The molecular weight excluding hydrogens is 663 g/mol. The largest absolute Gasteiger partial charge is 0.310 e. The van der Waals surface area contributed by atoms with Crippen LogP contribution in [0, 0.1) is 0 Å². The summed E-state index contributed by atoms with van der Waals surface area (Å²) in [6.07, 6.45) is 0. The lowest BCUT2D eigenvalue weighted by molar-refractivity contribution is 1.28. The van der Waals surface area contributed by atoms with Gasteiger partial charge >= 0.3 is 0 Å². The van der Waals surface area contributed by atoms with Crippen LogP contribution in [-0.2, 0) is 0 Å². The molecule has 9 aromatic rings. The summed E-state index contributed by atoms with van der Waals surface area (Å²) in [6.45, 7) is 0. The van der Waals surface area contributed by atoms with Gasteiger partial charge in [-0.2, -0.15) is 0 Å². The van der Waals surface area contributed by atoms with Gasteiger partial charge in [-0.3, -0.25) is 0 Å². The van der Waals surface area contributed by atoms with Gasteiger partial charge in [0.05, 0.1) is 0 Å². The zero-order valence-electron chi connectivity index (χ0n) is 30.5. The molecule has 0 saturated heterocycles. The molecule has 0 aliphatic heterocycles. The summed E-state index contributed by atoms with van der Waals surface area (Å²) in [5, 5.41) is 0. The predicted octanol–water partition coefficient (Wildman–Crippen LogP) is 15.2. The van der Waals surface area contributed by atoms with Gasteiger partial charge in [0, 0.05) is 17.1 Å². The average Bonchev–Trinajstić information content (AvgIpc) is 3.28. The summed E-state index contributed by atoms with van der Waals surface area (Å²) in [4.78, 5) is 2.40. The molecule has 1 nitrogen and oxygen atoms in total. The molecule has 0 aliphatic rings. The summed E-state index contributed by atoms with van der Waals surface area (Å²) in [5.41, 5.74) is 17.5. The first kappa shape index (κ1) is 33.6. The fourth-order valence-corrected chi connectivity index (χ4v) is 7.49. The highest BCUT2D eigenvalue weighted by molar-refractivity contribution is 5.90. The molecule has 55 heavy (non-hydrogen) atoms. The van der Waals surface area contributed by atoms with E-state index in [1.165, 1.54) is 66.8 Å². The van der Waals surface area contributed by atoms with Crippen molar-refractivity contribution in [2.45, 2.75) is 0 Å². The smallest absolute Gasteiger partial charge is 0.0473 e. The fraction of sp³-hybridized carbons (Fsp3) is 0. The summed E-state index contributed by atoms with van der Waals surface area (Å²) in [7, 11) is 0. The van der Waals surface area contributed by atoms with E-state index < -0.39 is 0 Å². The third-order valence-electron chi connectivity index (χ3n) is 10.2. The van der Waals surface area contributed by atoms with Gasteiger partial charge in [-0.25, -0.2) is 0 Å². The maximum absolute atomic E-state index is 2.40. The Morgan fingerprint density at radius 3 is 1.07 bits per heavy atom. The predicted molar refractivity (Wildman–Crippen MR) is 234 cm³/mol. The first-order valence-corrected chi connectivity index (χ1v) is 18.8. The molecule has 260 valence electrons. The second kappa shape index (κ2) is 15.4. The Kier molecular flexibility index (Phi) is 9.41. The molecule has 0 saturated carbocycles. The third kappa shape index (κ3) is 7.25. The molecule has 0 amide bonds. The molecule has 0 N–H and O–H groups in total. The van der Waals surface area contributed by atoms with Crippen molar-refractivity contribution in [3.05, 3.63) is 237 Å². The van der Waals surface area contributed by atoms with E-state index in [9.17, 15) is 0 Å². The molecular formula is C54H39N. The molecule has 0 spiro atoms. The van der Waals surface area contributed by atoms with E-state index >= 15 is 0 Å². The standard InChI is InChI=1S/C54H39N/c1-6-17-40(18-7-1)46-27-16-28-51(36-46)55(52-37-48(42-21-10-3-11-22-42)35-49(38-52)43-23-12-4-13-24-43)50-32-29-45(30-33-50)54-39-47(41-19-8-2-9-20-41)31-34-53(54)44-25-14-5-15-26-44/h1-39H. The second-order valence-corrected chi connectivity index (χ2v) is 13.8. The van der Waals surface area contributed by atoms with Gasteiger partial charge in [0.2, 0.25) is 0 Å². The number of anilines is 3. The maximum Gasteiger partial charge on any atom is 0.0473 e. The Labute approximate surface area is 324 Å². The van der Waals surface area contributed by atoms with Gasteiger partial charge in [0.15, 0.2) is 0 Å². The molecule has 0 bridgehead atoms. The van der Waals surface area contributed by atoms with E-state index in [1.807, 2.05) is 0 Å². The fourth-order valence-electron chi connectivity index (χ4n) is 7.49. The van der Waals surface area contributed by atoms with Crippen molar-refractivity contribution < 1.29 is 0 Å². The number of nitrogens with zero attached hydrogens (tertiary/aromatic N) is 1. The van der Waals surface area contributed by atoms with Crippen LogP contribution in [0.25, 0.3) is 66.8 Å². The van der Waals surface area contributed by atoms with E-state index in [2.05, 4.69) is 241 Å². The number of rotatable bonds is 9. The van der Waals surface area contributed by atoms with Crippen molar-refractivity contribution in [3.63, 3.8) is 0 Å². The molecule has 0 radical (unpaired) electrons. The van der Waals surface area contributed by atoms with E-state index in [0.29, 0.717) is 0 Å². The Bertz CT molecular complexity index is 2590. The lowest BCUT2D eigenvalue weighted by atomic mass is 9.91. The average molecular weight is 702 g/mol. The van der Waals surface area contributed by atoms with Gasteiger partial charge in [-0.15, -0.1) is 0 Å². The van der Waals surface area contributed by atoms with Crippen molar-refractivity contribution in [3.8, 4) is 66.8 Å². The molecule has 9 rings (SSSR count). The molecule has 9 aromatic carbocycles. The molecule has 0 heterocycles. The first-order valence-electron chi connectivity index (χ1n) is 18.8. The molecule has 0 unspecified atom stereocenters. The highest BCUT2D eigenvalue weighted by Crippen LogP contribution is 2.42. The minimum Gasteiger partial charge on any atom is -0.310 e. The minimum atomic E-state index is 1.08. The van der Waals surface area contributed by atoms with Crippen molar-refractivity contribution in [2.24, 2.45) is 0 Å². The number of benzene rings is 9. The normalized spacial score (nSPS) is 10.9. The van der Waals surface area contributed by atoms with Crippen LogP contribution in [0.3, 0.4) is 0 Å². The van der Waals surface area contributed by atoms with Gasteiger partial charge in [0.25, 0.3) is 0 Å². The second-order valence-electron chi connectivity index (χ2n) is 13.8. The Balaban J connectivity index is 1.22. The Hall–Kier alpha value is -7.22. The van der Waals surface area contributed by atoms with Crippen LogP contribution in [0.15, 0.2) is 237 Å². The topological polar surface area (TPSA) is 3.24 Å². The van der Waals surface area contributed by atoms with Crippen LogP contribution >= 0.6 is 0 Å². The summed E-state index contributed by atoms with van der Waals surface area (Å²) >= 11 is 0. The molecule has 1 heteroatoms. The van der Waals surface area contributed by atoms with E-state index in [-0.39, 0.29) is 0 Å². The summed E-state index contributed by atoms with van der Waals surface area (Å²) < 4.78 is 0. The highest BCUT2D eigenvalue weighted by atomic mass is 15.1. The molecule has 0 atom stereocenters. The van der Waals surface area contributed by atoms with Gasteiger partial charge in [-0.1, -0.05) is 188 Å². The van der Waals surface area contributed by atoms with Gasteiger partial charge in [-0.05, 0) is 115 Å². The summed E-state index contributed by atoms with van der Waals surface area (Å²) in [6, 6.07) is 85.1. The Morgan fingerprint density at radius 2 is 0.564 bits per heavy atom.